The number of hydrogen-bond acceptors (Lipinski definition) is 10. The minimum absolute atomic E-state index is 0.0272. The molecule has 2 aromatic rings. The highest BCUT2D eigenvalue weighted by Crippen LogP contribution is 2.42. The molecule has 2 aromatic carbocycles. The van der Waals surface area contributed by atoms with Crippen molar-refractivity contribution in [3.8, 4) is 0 Å². The number of aliphatic imine (C=N–C) groups is 2. The number of nitrogens with two attached hydrogens (primary N) is 2. The third kappa shape index (κ3) is 8.39. The predicted octanol–water partition coefficient (Wildman–Crippen LogP) is 5.06. The summed E-state index contributed by atoms with van der Waals surface area (Å²) in [5.41, 5.74) is 15.9. The average Bonchev–Trinajstić information content (AvgIpc) is 3.83. The van der Waals surface area contributed by atoms with Gasteiger partial charge in [-0.05, 0) is 50.7 Å². The van der Waals surface area contributed by atoms with Gasteiger partial charge in [0.1, 0.15) is 18.0 Å². The van der Waals surface area contributed by atoms with Gasteiger partial charge >= 0.3 is 6.18 Å². The van der Waals surface area contributed by atoms with E-state index in [2.05, 4.69) is 32.0 Å². The number of alkyl halides is 3. The van der Waals surface area contributed by atoms with Gasteiger partial charge in [-0.15, -0.1) is 0 Å². The molecule has 2 heterocycles. The Bertz CT molecular complexity index is 1700. The van der Waals surface area contributed by atoms with Crippen molar-refractivity contribution in [2.45, 2.75) is 76.9 Å². The standard InChI is InChI=1S/C37H49F3N10O/c1-22(2)49-19-31(37(38,39)40)47-34(49)27-13-11-25(12-14-27)17-44-24(4)50(18-30(43)29-10-8-7-9-28(29)23(3)42)35(45-20-41)32-33(26-15-16-26)48(5)21-46-36(32)51-6/h7-14,19-22,24,26,33-35,43-44,47H,3,15-18,42H2,1-2,4-6H3,(H2,41,45). The van der Waals surface area contributed by atoms with E-state index in [0.29, 0.717) is 40.9 Å². The van der Waals surface area contributed by atoms with Crippen molar-refractivity contribution in [1.82, 2.24) is 25.3 Å². The summed E-state index contributed by atoms with van der Waals surface area (Å²) in [4.78, 5) is 15.2. The van der Waals surface area contributed by atoms with Crippen molar-refractivity contribution in [2.24, 2.45) is 27.4 Å². The first-order valence-electron chi connectivity index (χ1n) is 17.0. The van der Waals surface area contributed by atoms with Gasteiger partial charge in [-0.1, -0.05) is 55.1 Å². The minimum atomic E-state index is -4.46. The Morgan fingerprint density at radius 3 is 2.41 bits per heavy atom. The van der Waals surface area contributed by atoms with Crippen LogP contribution in [0, 0.1) is 11.3 Å². The van der Waals surface area contributed by atoms with Gasteiger partial charge in [0.25, 0.3) is 0 Å². The number of nitrogens with zero attached hydrogens (tertiary/aromatic N) is 5. The Morgan fingerprint density at radius 2 is 1.84 bits per heavy atom. The zero-order valence-corrected chi connectivity index (χ0v) is 29.8. The fourth-order valence-corrected chi connectivity index (χ4v) is 6.76. The van der Waals surface area contributed by atoms with E-state index >= 15 is 0 Å². The van der Waals surface area contributed by atoms with E-state index in [1.807, 2.05) is 76.3 Å². The number of hydrogen-bond donors (Lipinski definition) is 5. The van der Waals surface area contributed by atoms with E-state index in [9.17, 15) is 18.6 Å². The molecule has 1 saturated carbocycles. The topological polar surface area (TPSA) is 144 Å². The van der Waals surface area contributed by atoms with Crippen LogP contribution >= 0.6 is 0 Å². The summed E-state index contributed by atoms with van der Waals surface area (Å²) < 4.78 is 46.5. The Kier molecular flexibility index (Phi) is 11.5. The van der Waals surface area contributed by atoms with E-state index in [0.717, 1.165) is 35.7 Å². The molecule has 7 N–H and O–H groups in total. The summed E-state index contributed by atoms with van der Waals surface area (Å²) >= 11 is 0. The zero-order chi connectivity index (χ0) is 37.0. The maximum Gasteiger partial charge on any atom is 0.432 e. The third-order valence-corrected chi connectivity index (χ3v) is 9.55. The van der Waals surface area contributed by atoms with Crippen LogP contribution in [0.2, 0.25) is 0 Å². The fraction of sp³-hybridized carbons (Fsp3) is 0.432. The van der Waals surface area contributed by atoms with Crippen molar-refractivity contribution < 1.29 is 17.9 Å². The van der Waals surface area contributed by atoms with Crippen molar-refractivity contribution >= 4 is 24.1 Å². The molecule has 0 spiro atoms. The molecule has 0 bridgehead atoms. The van der Waals surface area contributed by atoms with E-state index in [1.54, 1.807) is 18.3 Å². The van der Waals surface area contributed by atoms with Gasteiger partial charge < -0.3 is 36.7 Å². The highest BCUT2D eigenvalue weighted by Gasteiger charge is 2.45. The summed E-state index contributed by atoms with van der Waals surface area (Å²) in [6, 6.07) is 14.8. The summed E-state index contributed by atoms with van der Waals surface area (Å²) in [6.07, 6.45) is 0.228. The number of methoxy groups -OCH3 is 1. The van der Waals surface area contributed by atoms with Crippen LogP contribution in [0.15, 0.2) is 88.4 Å². The number of rotatable bonds is 15. The number of nitrogens with one attached hydrogen (secondary N) is 3. The van der Waals surface area contributed by atoms with Crippen LogP contribution in [-0.2, 0) is 11.3 Å². The predicted molar refractivity (Wildman–Crippen MR) is 196 cm³/mol. The Morgan fingerprint density at radius 1 is 1.18 bits per heavy atom. The lowest BCUT2D eigenvalue weighted by Crippen LogP contribution is -2.54. The molecule has 5 rings (SSSR count). The average molecular weight is 707 g/mol. The van der Waals surface area contributed by atoms with Gasteiger partial charge in [0.15, 0.2) is 0 Å². The van der Waals surface area contributed by atoms with Gasteiger partial charge in [-0.25, -0.2) is 4.99 Å². The van der Waals surface area contributed by atoms with Gasteiger partial charge in [0.2, 0.25) is 5.88 Å². The highest BCUT2D eigenvalue weighted by molar-refractivity contribution is 6.03. The van der Waals surface area contributed by atoms with Gasteiger partial charge in [0, 0.05) is 49.2 Å². The molecule has 1 fully saturated rings. The van der Waals surface area contributed by atoms with Crippen molar-refractivity contribution in [1.29, 1.82) is 5.41 Å². The molecule has 11 nitrogen and oxygen atoms in total. The normalized spacial score (nSPS) is 20.6. The maximum absolute atomic E-state index is 13.5. The second-order valence-corrected chi connectivity index (χ2v) is 13.5. The summed E-state index contributed by atoms with van der Waals surface area (Å²) in [6.45, 7) is 10.2. The molecule has 4 unspecified atom stereocenters. The molecule has 51 heavy (non-hydrogen) atoms. The first kappa shape index (κ1) is 37.4. The Hall–Kier alpha value is -4.82. The summed E-state index contributed by atoms with van der Waals surface area (Å²) in [5, 5.41) is 15.5. The molecular formula is C37H49F3N10O. The van der Waals surface area contributed by atoms with E-state index < -0.39 is 24.2 Å². The highest BCUT2D eigenvalue weighted by atomic mass is 19.4. The smallest absolute Gasteiger partial charge is 0.432 e. The van der Waals surface area contributed by atoms with Crippen LogP contribution in [0.1, 0.15) is 62.0 Å². The minimum Gasteiger partial charge on any atom is -0.481 e. The van der Waals surface area contributed by atoms with Crippen LogP contribution in [-0.4, -0.2) is 84.4 Å². The molecular weight excluding hydrogens is 657 g/mol. The number of allylic oxidation sites excluding steroid dienone is 1. The molecule has 1 aliphatic carbocycles. The second-order valence-electron chi connectivity index (χ2n) is 13.5. The van der Waals surface area contributed by atoms with Crippen molar-refractivity contribution in [2.75, 3.05) is 20.7 Å². The SMILES string of the molecule is C=C(N)c1ccccc1C(=N)CN(C(C)NCc1ccc(C2NC(C(F)(F)F)=CN2C(C)C)cc1)C(/N=C\N)C1=C(OC)N=CN(C)C1C1CC1. The lowest BCUT2D eigenvalue weighted by Gasteiger charge is -2.41. The van der Waals surface area contributed by atoms with E-state index in [4.69, 9.17) is 21.2 Å². The molecule has 0 saturated heterocycles. The molecule has 14 heteroatoms. The monoisotopic (exact) mass is 706 g/mol. The van der Waals surface area contributed by atoms with Gasteiger partial charge in [0.05, 0.1) is 43.3 Å². The summed E-state index contributed by atoms with van der Waals surface area (Å²) in [5.74, 6) is 0.861. The Labute approximate surface area is 298 Å². The van der Waals surface area contributed by atoms with Crippen LogP contribution in [0.5, 0.6) is 0 Å². The number of ether oxygens (including phenoxy) is 1. The lowest BCUT2D eigenvalue weighted by atomic mass is 9.95. The van der Waals surface area contributed by atoms with Crippen LogP contribution in [0.25, 0.3) is 5.70 Å². The van der Waals surface area contributed by atoms with Gasteiger partial charge in [-0.2, -0.15) is 13.2 Å². The quantitative estimate of drug-likeness (QED) is 0.0983. The molecule has 3 aliphatic rings. The molecule has 274 valence electrons. The van der Waals surface area contributed by atoms with Crippen molar-refractivity contribution in [3.63, 3.8) is 0 Å². The molecule has 4 atom stereocenters. The first-order chi connectivity index (χ1) is 24.2. The molecule has 0 radical (unpaired) electrons. The van der Waals surface area contributed by atoms with Crippen LogP contribution in [0.3, 0.4) is 0 Å². The number of benzene rings is 2. The van der Waals surface area contributed by atoms with E-state index in [-0.39, 0.29) is 24.8 Å². The number of halogens is 3. The summed E-state index contributed by atoms with van der Waals surface area (Å²) in [7, 11) is 3.58. The maximum atomic E-state index is 13.5. The third-order valence-electron chi connectivity index (χ3n) is 9.55. The largest absolute Gasteiger partial charge is 0.481 e. The molecule has 2 aliphatic heterocycles. The van der Waals surface area contributed by atoms with E-state index in [1.165, 1.54) is 6.34 Å². The first-order valence-corrected chi connectivity index (χ1v) is 17.0. The Balaban J connectivity index is 1.43. The molecule has 0 amide bonds. The van der Waals surface area contributed by atoms with Crippen molar-refractivity contribution in [3.05, 3.63) is 101 Å². The number of likely N-dealkylation sites (N-methyl/N-ethyl adjacent to an activating group) is 1. The lowest BCUT2D eigenvalue weighted by molar-refractivity contribution is -0.0963. The second kappa shape index (κ2) is 15.6. The fourth-order valence-electron chi connectivity index (χ4n) is 6.76. The zero-order valence-electron chi connectivity index (χ0n) is 29.8. The van der Waals surface area contributed by atoms with Crippen LogP contribution in [0.4, 0.5) is 13.2 Å². The van der Waals surface area contributed by atoms with Crippen LogP contribution < -0.4 is 22.1 Å². The molecule has 0 aromatic heterocycles. The van der Waals surface area contributed by atoms with Gasteiger partial charge in [-0.3, -0.25) is 15.2 Å².